The Morgan fingerprint density at radius 3 is 1.95 bits per heavy atom. The zero-order valence-corrected chi connectivity index (χ0v) is 14.9. The van der Waals surface area contributed by atoms with Crippen molar-refractivity contribution in [3.8, 4) is 0 Å². The number of unbranched alkanes of at least 4 members (excludes halogenated alkanes) is 8. The van der Waals surface area contributed by atoms with Gasteiger partial charge in [0.15, 0.2) is 0 Å². The third-order valence-corrected chi connectivity index (χ3v) is 4.39. The molecule has 0 spiro atoms. The molecular formula is C19H39NO. The second-order valence-corrected chi connectivity index (χ2v) is 6.45. The van der Waals surface area contributed by atoms with Crippen LogP contribution in [0, 0.1) is 5.92 Å². The van der Waals surface area contributed by atoms with E-state index in [4.69, 9.17) is 0 Å². The van der Waals surface area contributed by atoms with Gasteiger partial charge in [-0.05, 0) is 18.8 Å². The molecule has 0 heterocycles. The van der Waals surface area contributed by atoms with Crippen molar-refractivity contribution >= 4 is 5.91 Å². The zero-order valence-electron chi connectivity index (χ0n) is 14.9. The molecule has 0 bridgehead atoms. The molecule has 0 aliphatic carbocycles. The molecule has 0 aliphatic heterocycles. The van der Waals surface area contributed by atoms with E-state index in [1.165, 1.54) is 70.6 Å². The van der Waals surface area contributed by atoms with Crippen LogP contribution in [0.25, 0.3) is 0 Å². The molecule has 0 saturated carbocycles. The summed E-state index contributed by atoms with van der Waals surface area (Å²) in [4.78, 5) is 11.8. The number of carbonyl (C=O) groups is 1. The Bertz CT molecular complexity index is 228. The van der Waals surface area contributed by atoms with Crippen LogP contribution in [0.2, 0.25) is 0 Å². The molecule has 21 heavy (non-hydrogen) atoms. The van der Waals surface area contributed by atoms with Crippen molar-refractivity contribution in [2.45, 2.75) is 104 Å². The monoisotopic (exact) mass is 297 g/mol. The molecule has 126 valence electrons. The summed E-state index contributed by atoms with van der Waals surface area (Å²) in [5, 5.41) is 3.12. The molecule has 1 unspecified atom stereocenters. The van der Waals surface area contributed by atoms with Crippen molar-refractivity contribution in [1.82, 2.24) is 5.32 Å². The van der Waals surface area contributed by atoms with Gasteiger partial charge in [-0.15, -0.1) is 0 Å². The Balaban J connectivity index is 3.40. The highest BCUT2D eigenvalue weighted by molar-refractivity contribution is 5.75. The Morgan fingerprint density at radius 1 is 0.810 bits per heavy atom. The maximum Gasteiger partial charge on any atom is 0.220 e. The number of hydrogen-bond acceptors (Lipinski definition) is 1. The maximum atomic E-state index is 11.8. The van der Waals surface area contributed by atoms with Gasteiger partial charge in [0, 0.05) is 13.0 Å². The number of hydrogen-bond donors (Lipinski definition) is 1. The topological polar surface area (TPSA) is 29.1 Å². The minimum atomic E-state index is 0.260. The van der Waals surface area contributed by atoms with Gasteiger partial charge in [0.2, 0.25) is 5.91 Å². The third-order valence-electron chi connectivity index (χ3n) is 4.39. The first kappa shape index (κ1) is 20.5. The van der Waals surface area contributed by atoms with Gasteiger partial charge in [-0.3, -0.25) is 4.79 Å². The Morgan fingerprint density at radius 2 is 1.38 bits per heavy atom. The van der Waals surface area contributed by atoms with Gasteiger partial charge in [-0.25, -0.2) is 0 Å². The molecule has 0 aliphatic rings. The minimum Gasteiger partial charge on any atom is -0.356 e. The van der Waals surface area contributed by atoms with Crippen LogP contribution in [-0.4, -0.2) is 12.5 Å². The lowest BCUT2D eigenvalue weighted by atomic mass is 9.99. The molecular weight excluding hydrogens is 258 g/mol. The molecule has 1 atom stereocenters. The summed E-state index contributed by atoms with van der Waals surface area (Å²) < 4.78 is 0. The van der Waals surface area contributed by atoms with Crippen LogP contribution in [0.15, 0.2) is 0 Å². The van der Waals surface area contributed by atoms with Crippen molar-refractivity contribution < 1.29 is 4.79 Å². The summed E-state index contributed by atoms with van der Waals surface area (Å²) in [6, 6.07) is 0. The van der Waals surface area contributed by atoms with E-state index in [1.807, 2.05) is 0 Å². The number of carbonyl (C=O) groups excluding carboxylic acids is 1. The highest BCUT2D eigenvalue weighted by Gasteiger charge is 2.07. The van der Waals surface area contributed by atoms with E-state index in [-0.39, 0.29) is 5.91 Å². The molecule has 0 radical (unpaired) electrons. The lowest BCUT2D eigenvalue weighted by Gasteiger charge is -2.15. The smallest absolute Gasteiger partial charge is 0.220 e. The van der Waals surface area contributed by atoms with Crippen LogP contribution < -0.4 is 5.32 Å². The first-order valence-corrected chi connectivity index (χ1v) is 9.51. The van der Waals surface area contributed by atoms with Gasteiger partial charge in [-0.1, -0.05) is 85.0 Å². The Labute approximate surface area is 133 Å². The van der Waals surface area contributed by atoms with Crippen molar-refractivity contribution in [1.29, 1.82) is 0 Å². The van der Waals surface area contributed by atoms with Gasteiger partial charge >= 0.3 is 0 Å². The Kier molecular flexibility index (Phi) is 15.5. The molecule has 0 aromatic heterocycles. The van der Waals surface area contributed by atoms with Gasteiger partial charge in [0.1, 0.15) is 0 Å². The predicted molar refractivity (Wildman–Crippen MR) is 93.5 cm³/mol. The zero-order chi connectivity index (χ0) is 15.8. The van der Waals surface area contributed by atoms with Gasteiger partial charge in [0.25, 0.3) is 0 Å². The van der Waals surface area contributed by atoms with E-state index in [9.17, 15) is 4.79 Å². The van der Waals surface area contributed by atoms with E-state index in [0.29, 0.717) is 5.92 Å². The van der Waals surface area contributed by atoms with Gasteiger partial charge in [0.05, 0.1) is 0 Å². The highest BCUT2D eigenvalue weighted by Crippen LogP contribution is 2.12. The fourth-order valence-electron chi connectivity index (χ4n) is 2.71. The standard InChI is InChI=1S/C19H39NO/c1-4-7-9-10-11-12-13-14-16-19(21)20-17-18(6-3)15-8-5-2/h18H,4-17H2,1-3H3,(H,20,21). The number of amides is 1. The average Bonchev–Trinajstić information content (AvgIpc) is 2.50. The van der Waals surface area contributed by atoms with Crippen LogP contribution in [0.5, 0.6) is 0 Å². The molecule has 2 nitrogen and oxygen atoms in total. The molecule has 0 rings (SSSR count). The van der Waals surface area contributed by atoms with E-state index in [0.717, 1.165) is 19.4 Å². The molecule has 0 saturated heterocycles. The lowest BCUT2D eigenvalue weighted by Crippen LogP contribution is -2.28. The van der Waals surface area contributed by atoms with Crippen molar-refractivity contribution in [2.75, 3.05) is 6.54 Å². The van der Waals surface area contributed by atoms with Crippen molar-refractivity contribution in [2.24, 2.45) is 5.92 Å². The predicted octanol–water partition coefficient (Wildman–Crippen LogP) is 5.85. The van der Waals surface area contributed by atoms with Crippen LogP contribution >= 0.6 is 0 Å². The summed E-state index contributed by atoms with van der Waals surface area (Å²) in [5.41, 5.74) is 0. The number of rotatable bonds is 15. The molecule has 2 heteroatoms. The molecule has 0 aromatic rings. The largest absolute Gasteiger partial charge is 0.356 e. The fourth-order valence-corrected chi connectivity index (χ4v) is 2.71. The quantitative estimate of drug-likeness (QED) is 0.377. The summed E-state index contributed by atoms with van der Waals surface area (Å²) in [6.07, 6.45) is 16.1. The first-order valence-electron chi connectivity index (χ1n) is 9.51. The summed E-state index contributed by atoms with van der Waals surface area (Å²) in [7, 11) is 0. The normalized spacial score (nSPS) is 12.3. The second kappa shape index (κ2) is 15.9. The molecule has 1 amide bonds. The van der Waals surface area contributed by atoms with Gasteiger partial charge < -0.3 is 5.32 Å². The second-order valence-electron chi connectivity index (χ2n) is 6.45. The summed E-state index contributed by atoms with van der Waals surface area (Å²) >= 11 is 0. The van der Waals surface area contributed by atoms with Crippen LogP contribution in [0.3, 0.4) is 0 Å². The van der Waals surface area contributed by atoms with Crippen LogP contribution in [0.4, 0.5) is 0 Å². The Hall–Kier alpha value is -0.530. The van der Waals surface area contributed by atoms with E-state index in [1.54, 1.807) is 0 Å². The third kappa shape index (κ3) is 14.2. The molecule has 1 N–H and O–H groups in total. The first-order chi connectivity index (χ1) is 10.2. The maximum absolute atomic E-state index is 11.8. The van der Waals surface area contributed by atoms with Crippen molar-refractivity contribution in [3.05, 3.63) is 0 Å². The molecule has 0 fully saturated rings. The fraction of sp³-hybridized carbons (Fsp3) is 0.947. The molecule has 0 aromatic carbocycles. The number of nitrogens with one attached hydrogen (secondary N) is 1. The van der Waals surface area contributed by atoms with E-state index in [2.05, 4.69) is 26.1 Å². The van der Waals surface area contributed by atoms with Crippen molar-refractivity contribution in [3.63, 3.8) is 0 Å². The highest BCUT2D eigenvalue weighted by atomic mass is 16.1. The van der Waals surface area contributed by atoms with E-state index < -0.39 is 0 Å². The summed E-state index contributed by atoms with van der Waals surface area (Å²) in [6.45, 7) is 7.59. The minimum absolute atomic E-state index is 0.260. The lowest BCUT2D eigenvalue weighted by molar-refractivity contribution is -0.121. The average molecular weight is 298 g/mol. The van der Waals surface area contributed by atoms with Crippen LogP contribution in [-0.2, 0) is 4.79 Å². The van der Waals surface area contributed by atoms with E-state index >= 15 is 0 Å². The summed E-state index contributed by atoms with van der Waals surface area (Å²) in [5.74, 6) is 0.934. The van der Waals surface area contributed by atoms with Crippen LogP contribution in [0.1, 0.15) is 104 Å². The van der Waals surface area contributed by atoms with Gasteiger partial charge in [-0.2, -0.15) is 0 Å². The SMILES string of the molecule is CCCCCCCCCCC(=O)NCC(CC)CCCC.